The number of pyridine rings is 1. The summed E-state index contributed by atoms with van der Waals surface area (Å²) in [6.45, 7) is 4.19. The summed E-state index contributed by atoms with van der Waals surface area (Å²) in [6.07, 6.45) is 1.43. The van der Waals surface area contributed by atoms with Gasteiger partial charge >= 0.3 is 0 Å². The number of methoxy groups -OCH3 is 1. The van der Waals surface area contributed by atoms with Gasteiger partial charge in [-0.3, -0.25) is 14.7 Å². The molecule has 1 aliphatic heterocycles. The van der Waals surface area contributed by atoms with E-state index in [2.05, 4.69) is 29.0 Å². The van der Waals surface area contributed by atoms with Crippen LogP contribution in [0.3, 0.4) is 0 Å². The molecule has 0 aliphatic carbocycles. The van der Waals surface area contributed by atoms with Gasteiger partial charge in [0.05, 0.1) is 35.0 Å². The lowest BCUT2D eigenvalue weighted by molar-refractivity contribution is 0.0926. The molecule has 0 radical (unpaired) electrons. The van der Waals surface area contributed by atoms with E-state index in [1.165, 1.54) is 11.1 Å². The molecule has 1 aliphatic rings. The van der Waals surface area contributed by atoms with E-state index in [4.69, 9.17) is 4.74 Å². The summed E-state index contributed by atoms with van der Waals surface area (Å²) in [5, 5.41) is 7.77. The number of carbonyl (C=O) groups is 2. The molecule has 2 amide bonds. The van der Waals surface area contributed by atoms with E-state index in [-0.39, 0.29) is 17.4 Å². The summed E-state index contributed by atoms with van der Waals surface area (Å²) in [4.78, 5) is 32.1. The minimum atomic E-state index is -0.381. The molecule has 0 saturated heterocycles. The second-order valence-corrected chi connectivity index (χ2v) is 7.76. The second-order valence-electron chi connectivity index (χ2n) is 7.76. The fourth-order valence-electron chi connectivity index (χ4n) is 3.91. The molecule has 4 aromatic rings. The van der Waals surface area contributed by atoms with Gasteiger partial charge in [-0.1, -0.05) is 26.0 Å². The zero-order valence-electron chi connectivity index (χ0n) is 17.3. The van der Waals surface area contributed by atoms with E-state index >= 15 is 0 Å². The zero-order valence-corrected chi connectivity index (χ0v) is 17.3. The van der Waals surface area contributed by atoms with Crippen LogP contribution in [0.1, 0.15) is 46.0 Å². The highest BCUT2D eigenvalue weighted by molar-refractivity contribution is 6.38. The topological polar surface area (TPSA) is 88.2 Å². The molecule has 7 nitrogen and oxygen atoms in total. The molecular formula is C24H20N4O3. The quantitative estimate of drug-likeness (QED) is 0.497. The first-order chi connectivity index (χ1) is 15.0. The Labute approximate surface area is 178 Å². The normalized spacial score (nSPS) is 13.4. The number of H-pyrrole nitrogens is 1. The van der Waals surface area contributed by atoms with Crippen molar-refractivity contribution in [1.29, 1.82) is 0 Å². The lowest BCUT2D eigenvalue weighted by Gasteiger charge is -2.15. The van der Waals surface area contributed by atoms with E-state index < -0.39 is 0 Å². The van der Waals surface area contributed by atoms with Gasteiger partial charge in [-0.25, -0.2) is 9.88 Å². The molecule has 2 aromatic carbocycles. The predicted molar refractivity (Wildman–Crippen MR) is 118 cm³/mol. The van der Waals surface area contributed by atoms with Crippen LogP contribution in [0.4, 0.5) is 5.69 Å². The number of hydrogen-bond acceptors (Lipinski definition) is 5. The lowest BCUT2D eigenvalue weighted by atomic mass is 10.0. The van der Waals surface area contributed by atoms with Crippen LogP contribution in [0.5, 0.6) is 5.75 Å². The van der Waals surface area contributed by atoms with Crippen molar-refractivity contribution in [3.8, 4) is 17.0 Å². The molecule has 2 aromatic heterocycles. The molecule has 1 N–H and O–H groups in total. The third-order valence-corrected chi connectivity index (χ3v) is 5.63. The summed E-state index contributed by atoms with van der Waals surface area (Å²) in [6, 6.07) is 14.9. The molecule has 31 heavy (non-hydrogen) atoms. The van der Waals surface area contributed by atoms with Crippen molar-refractivity contribution in [3.05, 3.63) is 71.4 Å². The number of rotatable bonds is 4. The van der Waals surface area contributed by atoms with Gasteiger partial charge in [0.2, 0.25) is 0 Å². The minimum Gasteiger partial charge on any atom is -0.497 e. The number of ether oxygens (including phenoxy) is 1. The van der Waals surface area contributed by atoms with E-state index in [1.54, 1.807) is 19.2 Å². The number of imide groups is 1. The summed E-state index contributed by atoms with van der Waals surface area (Å²) in [5.74, 6) is 0.325. The number of anilines is 1. The highest BCUT2D eigenvalue weighted by atomic mass is 16.5. The van der Waals surface area contributed by atoms with Crippen molar-refractivity contribution >= 4 is 28.5 Å². The number of carbonyl (C=O) groups excluding carboxylic acids is 2. The van der Waals surface area contributed by atoms with Crippen LogP contribution < -0.4 is 9.64 Å². The van der Waals surface area contributed by atoms with Crippen molar-refractivity contribution in [3.63, 3.8) is 0 Å². The molecule has 5 rings (SSSR count). The standard InChI is InChI=1S/C24H20N4O3/c1-13(2)14-4-8-16(9-5-14)28-23(29)18-12-25-22-20(19(18)24(28)30)21(26-27-22)15-6-10-17(31-3)11-7-15/h4-13H,1-3H3,(H,25,26,27). The van der Waals surface area contributed by atoms with E-state index in [0.717, 1.165) is 16.9 Å². The smallest absolute Gasteiger partial charge is 0.267 e. The highest BCUT2D eigenvalue weighted by Crippen LogP contribution is 2.37. The maximum Gasteiger partial charge on any atom is 0.267 e. The number of amides is 2. The van der Waals surface area contributed by atoms with Gasteiger partial charge in [-0.2, -0.15) is 5.10 Å². The summed E-state index contributed by atoms with van der Waals surface area (Å²) < 4.78 is 5.22. The predicted octanol–water partition coefficient (Wildman–Crippen LogP) is 4.56. The zero-order chi connectivity index (χ0) is 21.7. The van der Waals surface area contributed by atoms with Gasteiger partial charge in [0.25, 0.3) is 11.8 Å². The fraction of sp³-hybridized carbons (Fsp3) is 0.167. The third-order valence-electron chi connectivity index (χ3n) is 5.63. The average Bonchev–Trinajstić information content (AvgIpc) is 3.33. The van der Waals surface area contributed by atoms with Crippen molar-refractivity contribution < 1.29 is 14.3 Å². The van der Waals surface area contributed by atoms with Gasteiger partial charge in [0.15, 0.2) is 5.65 Å². The Morgan fingerprint density at radius 1 is 0.968 bits per heavy atom. The first-order valence-electron chi connectivity index (χ1n) is 10.00. The van der Waals surface area contributed by atoms with Gasteiger partial charge in [0, 0.05) is 11.8 Å². The van der Waals surface area contributed by atoms with Gasteiger partial charge in [-0.15, -0.1) is 0 Å². The maximum absolute atomic E-state index is 13.4. The lowest BCUT2D eigenvalue weighted by Crippen LogP contribution is -2.29. The Hall–Kier alpha value is -4.00. The first-order valence-corrected chi connectivity index (χ1v) is 10.00. The average molecular weight is 412 g/mol. The summed E-state index contributed by atoms with van der Waals surface area (Å²) >= 11 is 0. The molecule has 0 bridgehead atoms. The number of aromatic nitrogens is 3. The van der Waals surface area contributed by atoms with E-state index in [0.29, 0.717) is 33.9 Å². The Balaban J connectivity index is 1.63. The molecule has 0 fully saturated rings. The van der Waals surface area contributed by atoms with Crippen LogP contribution in [-0.4, -0.2) is 34.1 Å². The molecule has 3 heterocycles. The van der Waals surface area contributed by atoms with E-state index in [1.807, 2.05) is 36.4 Å². The molecule has 0 unspecified atom stereocenters. The molecule has 7 heteroatoms. The van der Waals surface area contributed by atoms with E-state index in [9.17, 15) is 9.59 Å². The SMILES string of the molecule is COc1ccc(-c2[nH]nc3ncc4c(c23)C(=O)N(c2ccc(C(C)C)cc2)C4=O)cc1. The first kappa shape index (κ1) is 19.0. The number of nitrogens with zero attached hydrogens (tertiary/aromatic N) is 3. The number of nitrogens with one attached hydrogen (secondary N) is 1. The Bertz CT molecular complexity index is 1320. The monoisotopic (exact) mass is 412 g/mol. The summed E-state index contributed by atoms with van der Waals surface area (Å²) in [5.41, 5.74) is 4.13. The molecule has 0 spiro atoms. The molecule has 154 valence electrons. The number of hydrogen-bond donors (Lipinski definition) is 1. The third kappa shape index (κ3) is 2.89. The van der Waals surface area contributed by atoms with Crippen molar-refractivity contribution in [2.75, 3.05) is 12.0 Å². The Kier molecular flexibility index (Phi) is 4.32. The van der Waals surface area contributed by atoms with Gasteiger partial charge < -0.3 is 4.74 Å². The number of benzene rings is 2. The van der Waals surface area contributed by atoms with Crippen molar-refractivity contribution in [1.82, 2.24) is 15.2 Å². The molecule has 0 atom stereocenters. The number of aromatic amines is 1. The van der Waals surface area contributed by atoms with Crippen LogP contribution in [0.25, 0.3) is 22.3 Å². The van der Waals surface area contributed by atoms with Crippen molar-refractivity contribution in [2.45, 2.75) is 19.8 Å². The van der Waals surface area contributed by atoms with Crippen molar-refractivity contribution in [2.24, 2.45) is 0 Å². The fourth-order valence-corrected chi connectivity index (χ4v) is 3.91. The number of fused-ring (bicyclic) bond motifs is 3. The van der Waals surface area contributed by atoms with Gasteiger partial charge in [0.1, 0.15) is 5.75 Å². The maximum atomic E-state index is 13.4. The highest BCUT2D eigenvalue weighted by Gasteiger charge is 2.40. The van der Waals surface area contributed by atoms with Crippen LogP contribution in [-0.2, 0) is 0 Å². The summed E-state index contributed by atoms with van der Waals surface area (Å²) in [7, 11) is 1.60. The Morgan fingerprint density at radius 2 is 1.68 bits per heavy atom. The largest absolute Gasteiger partial charge is 0.497 e. The van der Waals surface area contributed by atoms with Crippen LogP contribution >= 0.6 is 0 Å². The molecular weight excluding hydrogens is 392 g/mol. The minimum absolute atomic E-state index is 0.279. The second kappa shape index (κ2) is 7.05. The van der Waals surface area contributed by atoms with Gasteiger partial charge in [-0.05, 0) is 47.9 Å². The van der Waals surface area contributed by atoms with Crippen LogP contribution in [0.2, 0.25) is 0 Å². The Morgan fingerprint density at radius 3 is 2.32 bits per heavy atom. The van der Waals surface area contributed by atoms with Crippen LogP contribution in [0.15, 0.2) is 54.7 Å². The molecule has 0 saturated carbocycles. The van der Waals surface area contributed by atoms with Crippen LogP contribution in [0, 0.1) is 0 Å².